The number of benzene rings is 1. The van der Waals surface area contributed by atoms with Crippen LogP contribution in [0.5, 0.6) is 5.75 Å². The largest absolute Gasteiger partial charge is 0.497 e. The number of hydrogen-bond acceptors (Lipinski definition) is 4. The lowest BCUT2D eigenvalue weighted by Gasteiger charge is -2.27. The maximum absolute atomic E-state index is 11.7. The Bertz CT molecular complexity index is 463. The van der Waals surface area contributed by atoms with Crippen molar-refractivity contribution in [3.05, 3.63) is 24.3 Å². The molecule has 1 unspecified atom stereocenters. The first-order chi connectivity index (χ1) is 9.03. The van der Waals surface area contributed by atoms with E-state index in [0.29, 0.717) is 11.8 Å². The zero-order chi connectivity index (χ0) is 13.9. The molecule has 4 nitrogen and oxygen atoms in total. The van der Waals surface area contributed by atoms with Crippen LogP contribution in [0, 0.1) is 0 Å². The third kappa shape index (κ3) is 3.88. The molecule has 1 saturated carbocycles. The monoisotopic (exact) mass is 280 g/mol. The molecule has 19 heavy (non-hydrogen) atoms. The zero-order valence-corrected chi connectivity index (χ0v) is 12.1. The van der Waals surface area contributed by atoms with Crippen LogP contribution < -0.4 is 15.8 Å². The van der Waals surface area contributed by atoms with Crippen molar-refractivity contribution in [1.29, 1.82) is 0 Å². The van der Waals surface area contributed by atoms with Crippen molar-refractivity contribution in [2.45, 2.75) is 36.2 Å². The molecule has 1 atom stereocenters. The first-order valence-corrected chi connectivity index (χ1v) is 7.36. The van der Waals surface area contributed by atoms with Crippen LogP contribution >= 0.6 is 11.8 Å². The van der Waals surface area contributed by atoms with Gasteiger partial charge in [-0.1, -0.05) is 6.07 Å². The van der Waals surface area contributed by atoms with E-state index in [4.69, 9.17) is 10.5 Å². The number of nitrogens with one attached hydrogen (secondary N) is 1. The molecule has 2 rings (SSSR count). The molecule has 1 aliphatic rings. The lowest BCUT2D eigenvalue weighted by molar-refractivity contribution is -0.123. The molecular formula is C14H20N2O2S. The van der Waals surface area contributed by atoms with Gasteiger partial charge in [0.05, 0.1) is 7.11 Å². The smallest absolute Gasteiger partial charge is 0.238 e. The van der Waals surface area contributed by atoms with E-state index in [1.807, 2.05) is 31.2 Å². The van der Waals surface area contributed by atoms with Crippen LogP contribution in [-0.2, 0) is 4.79 Å². The van der Waals surface area contributed by atoms with E-state index in [2.05, 4.69) is 5.32 Å². The molecule has 3 N–H and O–H groups in total. The summed E-state index contributed by atoms with van der Waals surface area (Å²) in [6.45, 7) is 1.88. The van der Waals surface area contributed by atoms with E-state index in [1.165, 1.54) is 0 Å². The van der Waals surface area contributed by atoms with E-state index >= 15 is 0 Å². The maximum atomic E-state index is 11.7. The third-order valence-electron chi connectivity index (χ3n) is 3.21. The van der Waals surface area contributed by atoms with Gasteiger partial charge >= 0.3 is 0 Å². The fourth-order valence-corrected chi connectivity index (χ4v) is 2.84. The second kappa shape index (κ2) is 5.84. The van der Waals surface area contributed by atoms with E-state index in [0.717, 1.165) is 23.5 Å². The molecule has 1 fully saturated rings. The van der Waals surface area contributed by atoms with Crippen molar-refractivity contribution < 1.29 is 9.53 Å². The molecule has 0 aliphatic heterocycles. The highest BCUT2D eigenvalue weighted by Crippen LogP contribution is 2.28. The molecule has 0 radical (unpaired) electrons. The van der Waals surface area contributed by atoms with Crippen molar-refractivity contribution in [2.75, 3.05) is 12.9 Å². The summed E-state index contributed by atoms with van der Waals surface area (Å²) >= 11 is 1.61. The Labute approximate surface area is 118 Å². The summed E-state index contributed by atoms with van der Waals surface area (Å²) in [4.78, 5) is 12.7. The predicted octanol–water partition coefficient (Wildman–Crippen LogP) is 1.78. The molecule has 5 heteroatoms. The molecule has 1 aromatic carbocycles. The number of carbonyl (C=O) groups is 1. The standard InChI is InChI=1S/C14H20N2O2S/c1-14(13(15)17,16-10-6-7-10)9-19-12-5-3-4-11(8-12)18-2/h3-5,8,10,16H,6-7,9H2,1-2H3,(H2,15,17). The summed E-state index contributed by atoms with van der Waals surface area (Å²) in [5.41, 5.74) is 4.87. The number of thioether (sulfide) groups is 1. The number of rotatable bonds is 7. The van der Waals surface area contributed by atoms with Gasteiger partial charge in [0, 0.05) is 16.7 Å². The van der Waals surface area contributed by atoms with Gasteiger partial charge in [-0.2, -0.15) is 0 Å². The quantitative estimate of drug-likeness (QED) is 0.747. The zero-order valence-electron chi connectivity index (χ0n) is 11.3. The van der Waals surface area contributed by atoms with Crippen molar-refractivity contribution in [1.82, 2.24) is 5.32 Å². The van der Waals surface area contributed by atoms with E-state index in [-0.39, 0.29) is 5.91 Å². The number of amides is 1. The number of methoxy groups -OCH3 is 1. The first kappa shape index (κ1) is 14.2. The summed E-state index contributed by atoms with van der Waals surface area (Å²) in [7, 11) is 1.64. The van der Waals surface area contributed by atoms with Crippen molar-refractivity contribution >= 4 is 17.7 Å². The minimum atomic E-state index is -0.658. The van der Waals surface area contributed by atoms with E-state index < -0.39 is 5.54 Å². The molecule has 1 aromatic rings. The van der Waals surface area contributed by atoms with Crippen LogP contribution in [0.4, 0.5) is 0 Å². The predicted molar refractivity (Wildman–Crippen MR) is 77.5 cm³/mol. The first-order valence-electron chi connectivity index (χ1n) is 6.38. The van der Waals surface area contributed by atoms with Crippen LogP contribution in [0.3, 0.4) is 0 Å². The second-order valence-corrected chi connectivity index (χ2v) is 6.13. The highest BCUT2D eigenvalue weighted by atomic mass is 32.2. The summed E-state index contributed by atoms with van der Waals surface area (Å²) in [5.74, 6) is 1.14. The Kier molecular flexibility index (Phi) is 4.37. The minimum absolute atomic E-state index is 0.296. The van der Waals surface area contributed by atoms with Gasteiger partial charge in [-0.15, -0.1) is 11.8 Å². The van der Waals surface area contributed by atoms with Gasteiger partial charge in [0.15, 0.2) is 0 Å². The number of primary amides is 1. The van der Waals surface area contributed by atoms with Crippen LogP contribution in [0.1, 0.15) is 19.8 Å². The average Bonchev–Trinajstić information content (AvgIpc) is 3.20. The van der Waals surface area contributed by atoms with Gasteiger partial charge < -0.3 is 15.8 Å². The van der Waals surface area contributed by atoms with Crippen molar-refractivity contribution in [2.24, 2.45) is 5.73 Å². The molecule has 0 spiro atoms. The Morgan fingerprint density at radius 2 is 2.32 bits per heavy atom. The van der Waals surface area contributed by atoms with Gasteiger partial charge in [0.25, 0.3) is 0 Å². The Morgan fingerprint density at radius 1 is 1.58 bits per heavy atom. The van der Waals surface area contributed by atoms with Gasteiger partial charge in [0.1, 0.15) is 11.3 Å². The fraction of sp³-hybridized carbons (Fsp3) is 0.500. The molecule has 1 aliphatic carbocycles. The number of ether oxygens (including phenoxy) is 1. The van der Waals surface area contributed by atoms with E-state index in [9.17, 15) is 4.79 Å². The molecule has 0 heterocycles. The lowest BCUT2D eigenvalue weighted by Crippen LogP contribution is -2.55. The number of hydrogen-bond donors (Lipinski definition) is 2. The fourth-order valence-electron chi connectivity index (χ4n) is 1.78. The Balaban J connectivity index is 1.99. The van der Waals surface area contributed by atoms with Crippen molar-refractivity contribution in [3.63, 3.8) is 0 Å². The van der Waals surface area contributed by atoms with Gasteiger partial charge in [0.2, 0.25) is 5.91 Å². The van der Waals surface area contributed by atoms with Crippen LogP contribution in [-0.4, -0.2) is 30.4 Å². The van der Waals surface area contributed by atoms with Crippen LogP contribution in [0.15, 0.2) is 29.2 Å². The highest BCUT2D eigenvalue weighted by Gasteiger charge is 2.36. The molecule has 104 valence electrons. The molecule has 0 aromatic heterocycles. The SMILES string of the molecule is COc1cccc(SCC(C)(NC2CC2)C(N)=O)c1. The second-order valence-electron chi connectivity index (χ2n) is 5.08. The Morgan fingerprint density at radius 3 is 2.89 bits per heavy atom. The van der Waals surface area contributed by atoms with Crippen molar-refractivity contribution in [3.8, 4) is 5.75 Å². The number of carbonyl (C=O) groups excluding carboxylic acids is 1. The van der Waals surface area contributed by atoms with Gasteiger partial charge in [-0.25, -0.2) is 0 Å². The Hall–Kier alpha value is -1.20. The van der Waals surface area contributed by atoms with Crippen LogP contribution in [0.2, 0.25) is 0 Å². The lowest BCUT2D eigenvalue weighted by atomic mass is 10.1. The molecule has 0 saturated heterocycles. The summed E-state index contributed by atoms with van der Waals surface area (Å²) in [6.07, 6.45) is 2.26. The van der Waals surface area contributed by atoms with E-state index in [1.54, 1.807) is 18.9 Å². The summed E-state index contributed by atoms with van der Waals surface area (Å²) < 4.78 is 5.19. The van der Waals surface area contributed by atoms with Crippen LogP contribution in [0.25, 0.3) is 0 Å². The summed E-state index contributed by atoms with van der Waals surface area (Å²) in [5, 5.41) is 3.34. The molecule has 1 amide bonds. The van der Waals surface area contributed by atoms with Gasteiger partial charge in [-0.05, 0) is 38.0 Å². The maximum Gasteiger partial charge on any atom is 0.238 e. The van der Waals surface area contributed by atoms with Gasteiger partial charge in [-0.3, -0.25) is 4.79 Å². The molecular weight excluding hydrogens is 260 g/mol. The summed E-state index contributed by atoms with van der Waals surface area (Å²) in [6, 6.07) is 8.26. The number of nitrogens with two attached hydrogens (primary N) is 1. The highest BCUT2D eigenvalue weighted by molar-refractivity contribution is 7.99. The normalized spacial score (nSPS) is 17.8. The third-order valence-corrected chi connectivity index (χ3v) is 4.52. The minimum Gasteiger partial charge on any atom is -0.497 e. The average molecular weight is 280 g/mol. The molecule has 0 bridgehead atoms. The topological polar surface area (TPSA) is 64.3 Å².